The zero-order valence-corrected chi connectivity index (χ0v) is 17.3. The molecule has 2 aromatic carbocycles. The molecule has 0 saturated heterocycles. The number of amides is 1. The summed E-state index contributed by atoms with van der Waals surface area (Å²) >= 11 is 6.41. The summed E-state index contributed by atoms with van der Waals surface area (Å²) in [6.07, 6.45) is -7.53. The number of carbonyl (C=O) groups is 2. The summed E-state index contributed by atoms with van der Waals surface area (Å²) in [5.41, 5.74) is -0.471. The fourth-order valence-corrected chi connectivity index (χ4v) is 3.53. The molecule has 0 spiro atoms. The molecule has 0 aliphatic carbocycles. The van der Waals surface area contributed by atoms with Crippen LogP contribution in [0.5, 0.6) is 5.75 Å². The molecule has 0 radical (unpaired) electrons. The lowest BCUT2D eigenvalue weighted by atomic mass is 9.97. The average Bonchev–Trinajstić information content (AvgIpc) is 2.84. The number of methoxy groups -OCH3 is 1. The second kappa shape index (κ2) is 9.15. The topological polar surface area (TPSA) is 73.9 Å². The first-order chi connectivity index (χ1) is 14.7. The van der Waals surface area contributed by atoms with Crippen LogP contribution >= 0.6 is 11.6 Å². The molecule has 6 nitrogen and oxygen atoms in total. The summed E-state index contributed by atoms with van der Waals surface area (Å²) in [6.45, 7) is 1.72. The molecule has 3 rings (SSSR count). The molecule has 166 valence electrons. The van der Waals surface area contributed by atoms with Crippen molar-refractivity contribution in [2.45, 2.75) is 31.7 Å². The van der Waals surface area contributed by atoms with Gasteiger partial charge in [-0.3, -0.25) is 9.59 Å². The van der Waals surface area contributed by atoms with Crippen molar-refractivity contribution in [2.24, 2.45) is 0 Å². The van der Waals surface area contributed by atoms with Gasteiger partial charge in [0.1, 0.15) is 18.0 Å². The monoisotopic (exact) mass is 457 g/mol. The van der Waals surface area contributed by atoms with E-state index in [0.29, 0.717) is 0 Å². The molecule has 1 heterocycles. The number of anilines is 1. The van der Waals surface area contributed by atoms with Crippen LogP contribution in [0, 0.1) is 0 Å². The average molecular weight is 458 g/mol. The van der Waals surface area contributed by atoms with E-state index in [4.69, 9.17) is 25.8 Å². The smallest absolute Gasteiger partial charge is 0.416 e. The third kappa shape index (κ3) is 4.94. The Morgan fingerprint density at radius 1 is 1.23 bits per heavy atom. The lowest BCUT2D eigenvalue weighted by Gasteiger charge is -2.23. The molecule has 10 heteroatoms. The van der Waals surface area contributed by atoms with Gasteiger partial charge in [0.05, 0.1) is 30.7 Å². The van der Waals surface area contributed by atoms with E-state index in [1.165, 1.54) is 7.11 Å². The van der Waals surface area contributed by atoms with Gasteiger partial charge in [0.25, 0.3) is 5.91 Å². The van der Waals surface area contributed by atoms with Crippen molar-refractivity contribution >= 4 is 29.2 Å². The van der Waals surface area contributed by atoms with Gasteiger partial charge < -0.3 is 19.5 Å². The van der Waals surface area contributed by atoms with E-state index < -0.39 is 42.2 Å². The molecular weight excluding hydrogens is 439 g/mol. The standard InChI is InChI=1S/C21H19ClF3NO5/c1-3-30-17(27)10-16-20(28)26-14-8-7-11(21(23,24)25)9-13(14)19(31-16)12-5-4-6-15(29-2)18(12)22/h4-9,16,19H,3,10H2,1-2H3,(H,26,28)/t16-,19-/m1/s1. The largest absolute Gasteiger partial charge is 0.495 e. The Hall–Kier alpha value is -2.78. The van der Waals surface area contributed by atoms with Gasteiger partial charge >= 0.3 is 12.1 Å². The molecule has 31 heavy (non-hydrogen) atoms. The zero-order chi connectivity index (χ0) is 22.8. The Kier molecular flexibility index (Phi) is 6.76. The summed E-state index contributed by atoms with van der Waals surface area (Å²) in [5.74, 6) is -1.09. The summed E-state index contributed by atoms with van der Waals surface area (Å²) in [4.78, 5) is 24.6. The highest BCUT2D eigenvalue weighted by molar-refractivity contribution is 6.33. The van der Waals surface area contributed by atoms with Crippen molar-refractivity contribution in [1.29, 1.82) is 0 Å². The number of esters is 1. The minimum atomic E-state index is -4.61. The predicted octanol–water partition coefficient (Wildman–Crippen LogP) is 4.75. The highest BCUT2D eigenvalue weighted by Gasteiger charge is 2.37. The molecular formula is C21H19ClF3NO5. The van der Waals surface area contributed by atoms with E-state index in [1.54, 1.807) is 25.1 Å². The van der Waals surface area contributed by atoms with Gasteiger partial charge in [0.15, 0.2) is 0 Å². The fourth-order valence-electron chi connectivity index (χ4n) is 3.22. The van der Waals surface area contributed by atoms with Crippen LogP contribution in [-0.4, -0.2) is 31.7 Å². The Morgan fingerprint density at radius 2 is 1.97 bits per heavy atom. The molecule has 1 aliphatic heterocycles. The fraction of sp³-hybridized carbons (Fsp3) is 0.333. The predicted molar refractivity (Wildman–Crippen MR) is 106 cm³/mol. The maximum Gasteiger partial charge on any atom is 0.416 e. The van der Waals surface area contributed by atoms with E-state index in [9.17, 15) is 22.8 Å². The SMILES string of the molecule is CCOC(=O)C[C@H]1O[C@H](c2cccc(OC)c2Cl)c2cc(C(F)(F)F)ccc2NC1=O. The Labute approximate surface area is 181 Å². The van der Waals surface area contributed by atoms with Crippen LogP contribution in [0.4, 0.5) is 18.9 Å². The van der Waals surface area contributed by atoms with Gasteiger partial charge in [-0.2, -0.15) is 13.2 Å². The maximum absolute atomic E-state index is 13.4. The molecule has 0 aromatic heterocycles. The van der Waals surface area contributed by atoms with Gasteiger partial charge in [0, 0.05) is 16.8 Å². The number of benzene rings is 2. The number of fused-ring (bicyclic) bond motifs is 1. The normalized spacial score (nSPS) is 18.6. The molecule has 2 aromatic rings. The number of halogens is 4. The Balaban J connectivity index is 2.14. The number of hydrogen-bond acceptors (Lipinski definition) is 5. The second-order valence-electron chi connectivity index (χ2n) is 6.67. The van der Waals surface area contributed by atoms with E-state index >= 15 is 0 Å². The third-order valence-electron chi connectivity index (χ3n) is 4.66. The summed E-state index contributed by atoms with van der Waals surface area (Å²) in [6, 6.07) is 7.62. The number of alkyl halides is 3. The van der Waals surface area contributed by atoms with Crippen LogP contribution < -0.4 is 10.1 Å². The van der Waals surface area contributed by atoms with E-state index in [1.807, 2.05) is 0 Å². The van der Waals surface area contributed by atoms with Crippen molar-refractivity contribution < 1.29 is 37.0 Å². The molecule has 0 fully saturated rings. The quantitative estimate of drug-likeness (QED) is 0.656. The summed E-state index contributed by atoms with van der Waals surface area (Å²) in [5, 5.41) is 2.65. The van der Waals surface area contributed by atoms with Crippen LogP contribution in [0.1, 0.15) is 36.1 Å². The molecule has 0 bridgehead atoms. The maximum atomic E-state index is 13.4. The minimum absolute atomic E-state index is 0.0460. The van der Waals surface area contributed by atoms with Crippen molar-refractivity contribution in [1.82, 2.24) is 0 Å². The first kappa shape index (κ1) is 22.9. The number of hydrogen-bond donors (Lipinski definition) is 1. The van der Waals surface area contributed by atoms with Gasteiger partial charge in [-0.15, -0.1) is 0 Å². The highest BCUT2D eigenvalue weighted by atomic mass is 35.5. The van der Waals surface area contributed by atoms with Gasteiger partial charge in [-0.25, -0.2) is 0 Å². The van der Waals surface area contributed by atoms with E-state index in [-0.39, 0.29) is 34.2 Å². The van der Waals surface area contributed by atoms with Crippen LogP contribution in [-0.2, 0) is 25.2 Å². The number of rotatable bonds is 5. The van der Waals surface area contributed by atoms with Crippen molar-refractivity contribution in [2.75, 3.05) is 19.0 Å². The van der Waals surface area contributed by atoms with E-state index in [2.05, 4.69) is 5.32 Å². The lowest BCUT2D eigenvalue weighted by Crippen LogP contribution is -2.32. The van der Waals surface area contributed by atoms with Gasteiger partial charge in [0.2, 0.25) is 0 Å². The van der Waals surface area contributed by atoms with Crippen LogP contribution in [0.25, 0.3) is 0 Å². The van der Waals surface area contributed by atoms with Crippen molar-refractivity contribution in [3.05, 3.63) is 58.1 Å². The summed E-state index contributed by atoms with van der Waals surface area (Å²) < 4.78 is 56.0. The van der Waals surface area contributed by atoms with Gasteiger partial charge in [-0.1, -0.05) is 23.7 Å². The first-order valence-electron chi connectivity index (χ1n) is 9.31. The van der Waals surface area contributed by atoms with Crippen LogP contribution in [0.2, 0.25) is 5.02 Å². The molecule has 0 saturated carbocycles. The number of ether oxygens (including phenoxy) is 3. The molecule has 1 aliphatic rings. The number of nitrogens with one attached hydrogen (secondary N) is 1. The number of carbonyl (C=O) groups excluding carboxylic acids is 2. The highest BCUT2D eigenvalue weighted by Crippen LogP contribution is 2.43. The first-order valence-corrected chi connectivity index (χ1v) is 9.69. The molecule has 2 atom stereocenters. The second-order valence-corrected chi connectivity index (χ2v) is 7.04. The third-order valence-corrected chi connectivity index (χ3v) is 5.07. The van der Waals surface area contributed by atoms with Crippen molar-refractivity contribution in [3.63, 3.8) is 0 Å². The lowest BCUT2D eigenvalue weighted by molar-refractivity contribution is -0.150. The molecule has 0 unspecified atom stereocenters. The summed E-state index contributed by atoms with van der Waals surface area (Å²) in [7, 11) is 1.39. The Bertz CT molecular complexity index is 995. The molecule has 1 N–H and O–H groups in total. The van der Waals surface area contributed by atoms with Crippen LogP contribution in [0.15, 0.2) is 36.4 Å². The van der Waals surface area contributed by atoms with E-state index in [0.717, 1.165) is 18.2 Å². The van der Waals surface area contributed by atoms with Crippen LogP contribution in [0.3, 0.4) is 0 Å². The Morgan fingerprint density at radius 3 is 2.61 bits per heavy atom. The van der Waals surface area contributed by atoms with Crippen molar-refractivity contribution in [3.8, 4) is 5.75 Å². The molecule has 1 amide bonds. The van der Waals surface area contributed by atoms with Gasteiger partial charge in [-0.05, 0) is 31.2 Å². The minimum Gasteiger partial charge on any atom is -0.495 e. The zero-order valence-electron chi connectivity index (χ0n) is 16.6.